The number of hydrogen-bond donors (Lipinski definition) is 4. The highest BCUT2D eigenvalue weighted by Gasteiger charge is 2.07. The number of nitrogen functional groups attached to an aromatic ring is 2. The number of hydrogen-bond acceptors (Lipinski definition) is 5. The Morgan fingerprint density at radius 2 is 2.07 bits per heavy atom. The zero-order chi connectivity index (χ0) is 10.6. The molecule has 0 aliphatic heterocycles. The van der Waals surface area contributed by atoms with Crippen molar-refractivity contribution < 1.29 is 14.9 Å². The summed E-state index contributed by atoms with van der Waals surface area (Å²) in [5, 5.41) is 17.8. The van der Waals surface area contributed by atoms with Crippen LogP contribution in [0.25, 0.3) is 0 Å². The molecule has 0 saturated heterocycles. The third-order valence-corrected chi connectivity index (χ3v) is 1.67. The molecular weight excluding hydrogens is 184 g/mol. The van der Waals surface area contributed by atoms with Crippen molar-refractivity contribution in [2.75, 3.05) is 18.1 Å². The van der Waals surface area contributed by atoms with E-state index in [9.17, 15) is 5.11 Å². The number of rotatable bonds is 4. The Morgan fingerprint density at radius 3 is 2.64 bits per heavy atom. The molecule has 1 aromatic carbocycles. The lowest BCUT2D eigenvalue weighted by molar-refractivity contribution is -0.0322. The number of nitrogens with two attached hydrogens (primary N) is 2. The van der Waals surface area contributed by atoms with E-state index in [4.69, 9.17) is 21.3 Å². The first-order valence-corrected chi connectivity index (χ1v) is 4.24. The van der Waals surface area contributed by atoms with Gasteiger partial charge >= 0.3 is 0 Å². The van der Waals surface area contributed by atoms with Gasteiger partial charge in [-0.1, -0.05) is 0 Å². The summed E-state index contributed by atoms with van der Waals surface area (Å²) in [6.07, 6.45) is -0.907. The largest absolute Gasteiger partial charge is 0.463 e. The summed E-state index contributed by atoms with van der Waals surface area (Å²) in [5.41, 5.74) is 12.0. The van der Waals surface area contributed by atoms with E-state index in [1.807, 2.05) is 0 Å². The van der Waals surface area contributed by atoms with Crippen LogP contribution in [0.5, 0.6) is 5.75 Å². The number of aliphatic hydroxyl groups excluding tert-OH is 2. The lowest BCUT2D eigenvalue weighted by atomic mass is 10.2. The van der Waals surface area contributed by atoms with Crippen LogP contribution in [0.15, 0.2) is 18.2 Å². The van der Waals surface area contributed by atoms with Crippen molar-refractivity contribution in [2.45, 2.75) is 12.7 Å². The minimum atomic E-state index is -1.05. The first-order valence-electron chi connectivity index (χ1n) is 4.24. The second kappa shape index (κ2) is 4.69. The Morgan fingerprint density at radius 1 is 1.36 bits per heavy atom. The van der Waals surface area contributed by atoms with Gasteiger partial charge in [0.05, 0.1) is 5.69 Å². The van der Waals surface area contributed by atoms with Crippen molar-refractivity contribution >= 4 is 11.4 Å². The highest BCUT2D eigenvalue weighted by atomic mass is 16.6. The van der Waals surface area contributed by atoms with E-state index in [1.54, 1.807) is 18.2 Å². The smallest absolute Gasteiger partial charge is 0.199 e. The van der Waals surface area contributed by atoms with Crippen molar-refractivity contribution in [2.24, 2.45) is 0 Å². The van der Waals surface area contributed by atoms with Gasteiger partial charge in [0.25, 0.3) is 0 Å². The van der Waals surface area contributed by atoms with Gasteiger partial charge in [-0.2, -0.15) is 0 Å². The third-order valence-electron chi connectivity index (χ3n) is 1.67. The van der Waals surface area contributed by atoms with Gasteiger partial charge in [0, 0.05) is 18.7 Å². The highest BCUT2D eigenvalue weighted by Crippen LogP contribution is 2.24. The summed E-state index contributed by atoms with van der Waals surface area (Å²) < 4.78 is 5.06. The van der Waals surface area contributed by atoms with Crippen LogP contribution >= 0.6 is 0 Å². The minimum Gasteiger partial charge on any atom is -0.463 e. The van der Waals surface area contributed by atoms with Crippen LogP contribution < -0.4 is 16.2 Å². The Balaban J connectivity index is 2.67. The Labute approximate surface area is 81.9 Å². The lowest BCUT2D eigenvalue weighted by Crippen LogP contribution is -2.17. The normalized spacial score (nSPS) is 12.4. The molecule has 0 aliphatic rings. The van der Waals surface area contributed by atoms with Gasteiger partial charge in [-0.25, -0.2) is 0 Å². The number of benzene rings is 1. The predicted octanol–water partition coefficient (Wildman–Crippen LogP) is -0.0694. The van der Waals surface area contributed by atoms with E-state index in [-0.39, 0.29) is 13.0 Å². The van der Waals surface area contributed by atoms with E-state index < -0.39 is 6.29 Å². The lowest BCUT2D eigenvalue weighted by Gasteiger charge is -2.14. The average Bonchev–Trinajstić information content (AvgIpc) is 2.10. The Hall–Kier alpha value is -1.46. The fourth-order valence-electron chi connectivity index (χ4n) is 0.990. The third kappa shape index (κ3) is 2.79. The molecule has 0 amide bonds. The monoisotopic (exact) mass is 198 g/mol. The first kappa shape index (κ1) is 10.6. The summed E-state index contributed by atoms with van der Waals surface area (Å²) in [5.74, 6) is 0.361. The second-order valence-corrected chi connectivity index (χ2v) is 2.88. The summed E-state index contributed by atoms with van der Waals surface area (Å²) in [6.45, 7) is -0.143. The molecule has 5 nitrogen and oxygen atoms in total. The molecule has 0 saturated carbocycles. The van der Waals surface area contributed by atoms with E-state index in [1.165, 1.54) is 0 Å². The van der Waals surface area contributed by atoms with Crippen LogP contribution in [0, 0.1) is 0 Å². The Bertz CT molecular complexity index is 304. The van der Waals surface area contributed by atoms with Crippen molar-refractivity contribution in [3.8, 4) is 5.75 Å². The van der Waals surface area contributed by atoms with Crippen molar-refractivity contribution in [3.05, 3.63) is 18.2 Å². The standard InChI is InChI=1S/C9H14N2O3/c10-6-1-2-8(7(11)5-6)14-9(13)3-4-12/h1-2,5,9,12-13H,3-4,10-11H2. The summed E-state index contributed by atoms with van der Waals surface area (Å²) in [7, 11) is 0. The van der Waals surface area contributed by atoms with Crippen LogP contribution in [0.3, 0.4) is 0 Å². The maximum absolute atomic E-state index is 9.23. The number of aliphatic hydroxyl groups is 2. The van der Waals surface area contributed by atoms with Crippen LogP contribution in [0.1, 0.15) is 6.42 Å². The summed E-state index contributed by atoms with van der Waals surface area (Å²) >= 11 is 0. The van der Waals surface area contributed by atoms with E-state index in [0.717, 1.165) is 0 Å². The maximum Gasteiger partial charge on any atom is 0.199 e. The molecule has 0 aliphatic carbocycles. The van der Waals surface area contributed by atoms with E-state index in [0.29, 0.717) is 17.1 Å². The first-order chi connectivity index (χ1) is 6.63. The number of anilines is 2. The summed E-state index contributed by atoms with van der Waals surface area (Å²) in [6, 6.07) is 4.74. The molecule has 0 radical (unpaired) electrons. The fraction of sp³-hybridized carbons (Fsp3) is 0.333. The maximum atomic E-state index is 9.23. The van der Waals surface area contributed by atoms with Gasteiger partial charge in [-0.3, -0.25) is 0 Å². The zero-order valence-electron chi connectivity index (χ0n) is 7.68. The average molecular weight is 198 g/mol. The van der Waals surface area contributed by atoms with Crippen LogP contribution in [-0.2, 0) is 0 Å². The van der Waals surface area contributed by atoms with E-state index in [2.05, 4.69) is 0 Å². The molecule has 0 spiro atoms. The molecule has 1 rings (SSSR count). The van der Waals surface area contributed by atoms with Gasteiger partial charge in [-0.05, 0) is 18.2 Å². The van der Waals surface area contributed by atoms with Gasteiger partial charge in [0.1, 0.15) is 5.75 Å². The van der Waals surface area contributed by atoms with Gasteiger partial charge in [0.2, 0.25) is 0 Å². The van der Waals surface area contributed by atoms with Gasteiger partial charge < -0.3 is 26.4 Å². The molecule has 0 fully saturated rings. The van der Waals surface area contributed by atoms with Crippen LogP contribution in [0.2, 0.25) is 0 Å². The molecule has 1 unspecified atom stereocenters. The highest BCUT2D eigenvalue weighted by molar-refractivity contribution is 5.60. The van der Waals surface area contributed by atoms with E-state index >= 15 is 0 Å². The van der Waals surface area contributed by atoms with Crippen molar-refractivity contribution in [1.29, 1.82) is 0 Å². The molecule has 78 valence electrons. The zero-order valence-corrected chi connectivity index (χ0v) is 7.68. The summed E-state index contributed by atoms with van der Waals surface area (Å²) in [4.78, 5) is 0. The molecule has 1 atom stereocenters. The SMILES string of the molecule is Nc1ccc(OC(O)CCO)c(N)c1. The Kier molecular flexibility index (Phi) is 3.55. The van der Waals surface area contributed by atoms with Crippen LogP contribution in [-0.4, -0.2) is 23.1 Å². The van der Waals surface area contributed by atoms with Crippen molar-refractivity contribution in [1.82, 2.24) is 0 Å². The van der Waals surface area contributed by atoms with Crippen molar-refractivity contribution in [3.63, 3.8) is 0 Å². The van der Waals surface area contributed by atoms with Gasteiger partial charge in [-0.15, -0.1) is 0 Å². The second-order valence-electron chi connectivity index (χ2n) is 2.88. The molecule has 0 heterocycles. The van der Waals surface area contributed by atoms with Crippen LogP contribution in [0.4, 0.5) is 11.4 Å². The predicted molar refractivity (Wildman–Crippen MR) is 53.6 cm³/mol. The topological polar surface area (TPSA) is 102 Å². The molecule has 0 bridgehead atoms. The fourth-order valence-corrected chi connectivity index (χ4v) is 0.990. The van der Waals surface area contributed by atoms with Gasteiger partial charge in [0.15, 0.2) is 6.29 Å². The molecule has 6 N–H and O–H groups in total. The number of ether oxygens (including phenoxy) is 1. The molecule has 0 aromatic heterocycles. The molecular formula is C9H14N2O3. The molecule has 5 heteroatoms. The molecule has 1 aromatic rings. The minimum absolute atomic E-state index is 0.143. The molecule has 14 heavy (non-hydrogen) atoms. The quantitative estimate of drug-likeness (QED) is 0.400.